The molecule has 138 valence electrons. The van der Waals surface area contributed by atoms with Crippen LogP contribution in [0.2, 0.25) is 0 Å². The molecule has 1 spiro atoms. The molecule has 5 nitrogen and oxygen atoms in total. The van der Waals surface area contributed by atoms with E-state index in [2.05, 4.69) is 26.9 Å². The minimum atomic E-state index is -0.0874. The maximum Gasteiger partial charge on any atom is 0.226 e. The number of rotatable bonds is 3. The van der Waals surface area contributed by atoms with Crippen molar-refractivity contribution in [2.24, 2.45) is 5.92 Å². The van der Waals surface area contributed by atoms with Gasteiger partial charge in [0.05, 0.1) is 0 Å². The van der Waals surface area contributed by atoms with Gasteiger partial charge in [0.15, 0.2) is 0 Å². The third-order valence-corrected chi connectivity index (χ3v) is 6.33. The van der Waals surface area contributed by atoms with Crippen LogP contribution in [0.3, 0.4) is 0 Å². The number of pyridine rings is 1. The van der Waals surface area contributed by atoms with Gasteiger partial charge in [-0.15, -0.1) is 0 Å². The van der Waals surface area contributed by atoms with Crippen molar-refractivity contribution in [2.75, 3.05) is 13.1 Å². The average molecular weight is 353 g/mol. The average Bonchev–Trinajstić information content (AvgIpc) is 3.23. The van der Waals surface area contributed by atoms with Gasteiger partial charge in [-0.2, -0.15) is 0 Å². The molecule has 0 N–H and O–H groups in total. The van der Waals surface area contributed by atoms with E-state index < -0.39 is 0 Å². The molecule has 2 aliphatic heterocycles. The first kappa shape index (κ1) is 17.3. The Bertz CT molecular complexity index is 694. The van der Waals surface area contributed by atoms with Crippen molar-refractivity contribution in [1.29, 1.82) is 0 Å². The SMILES string of the molecule is O=C(C1CC=CC1)N1CCC[C@]2(CCC(=O)N2Cc2cccnc2)CC1. The van der Waals surface area contributed by atoms with Crippen LogP contribution in [0, 0.1) is 5.92 Å². The number of amides is 2. The summed E-state index contributed by atoms with van der Waals surface area (Å²) in [5.74, 6) is 0.685. The fraction of sp³-hybridized carbons (Fsp3) is 0.571. The normalized spacial score (nSPS) is 26.7. The summed E-state index contributed by atoms with van der Waals surface area (Å²) in [5, 5.41) is 0. The Morgan fingerprint density at radius 2 is 2.04 bits per heavy atom. The van der Waals surface area contributed by atoms with Crippen LogP contribution in [0.15, 0.2) is 36.7 Å². The van der Waals surface area contributed by atoms with E-state index in [4.69, 9.17) is 0 Å². The second-order valence-electron chi connectivity index (χ2n) is 7.88. The second kappa shape index (κ2) is 7.22. The van der Waals surface area contributed by atoms with Crippen LogP contribution in [0.25, 0.3) is 0 Å². The molecule has 26 heavy (non-hydrogen) atoms. The number of allylic oxidation sites excluding steroid dienone is 2. The molecule has 1 aromatic heterocycles. The monoisotopic (exact) mass is 353 g/mol. The van der Waals surface area contributed by atoms with E-state index in [-0.39, 0.29) is 17.4 Å². The van der Waals surface area contributed by atoms with E-state index in [1.807, 2.05) is 18.3 Å². The largest absolute Gasteiger partial charge is 0.342 e. The van der Waals surface area contributed by atoms with Gasteiger partial charge >= 0.3 is 0 Å². The maximum atomic E-state index is 12.8. The first-order valence-electron chi connectivity index (χ1n) is 9.81. The number of likely N-dealkylation sites (tertiary alicyclic amines) is 2. The van der Waals surface area contributed by atoms with E-state index in [9.17, 15) is 9.59 Å². The van der Waals surface area contributed by atoms with Crippen LogP contribution in [0.1, 0.15) is 50.5 Å². The minimum absolute atomic E-state index is 0.0874. The smallest absolute Gasteiger partial charge is 0.226 e. The van der Waals surface area contributed by atoms with Crippen LogP contribution < -0.4 is 0 Å². The minimum Gasteiger partial charge on any atom is -0.342 e. The van der Waals surface area contributed by atoms with E-state index >= 15 is 0 Å². The van der Waals surface area contributed by atoms with Gasteiger partial charge in [0.1, 0.15) is 0 Å². The Kier molecular flexibility index (Phi) is 4.79. The fourth-order valence-electron chi connectivity index (χ4n) is 4.80. The zero-order valence-corrected chi connectivity index (χ0v) is 15.3. The molecule has 0 unspecified atom stereocenters. The lowest BCUT2D eigenvalue weighted by atomic mass is 9.87. The summed E-state index contributed by atoms with van der Waals surface area (Å²) < 4.78 is 0. The van der Waals surface area contributed by atoms with Crippen LogP contribution in [-0.4, -0.2) is 45.2 Å². The molecule has 5 heteroatoms. The maximum absolute atomic E-state index is 12.8. The van der Waals surface area contributed by atoms with Crippen LogP contribution in [-0.2, 0) is 16.1 Å². The van der Waals surface area contributed by atoms with E-state index in [1.165, 1.54) is 0 Å². The third kappa shape index (κ3) is 3.27. The summed E-state index contributed by atoms with van der Waals surface area (Å²) in [4.78, 5) is 33.7. The fourth-order valence-corrected chi connectivity index (χ4v) is 4.80. The van der Waals surface area contributed by atoms with Crippen LogP contribution in [0.4, 0.5) is 0 Å². The van der Waals surface area contributed by atoms with Gasteiger partial charge < -0.3 is 9.80 Å². The molecule has 2 amide bonds. The number of hydrogen-bond acceptors (Lipinski definition) is 3. The summed E-state index contributed by atoms with van der Waals surface area (Å²) in [6.45, 7) is 2.23. The molecule has 3 aliphatic rings. The van der Waals surface area contributed by atoms with Gasteiger partial charge in [-0.3, -0.25) is 14.6 Å². The van der Waals surface area contributed by atoms with Gasteiger partial charge in [0, 0.05) is 49.9 Å². The molecule has 2 saturated heterocycles. The molecular formula is C21H27N3O2. The van der Waals surface area contributed by atoms with Gasteiger partial charge in [0.2, 0.25) is 11.8 Å². The van der Waals surface area contributed by atoms with E-state index in [1.54, 1.807) is 6.20 Å². The molecule has 0 aromatic carbocycles. The number of aromatic nitrogens is 1. The van der Waals surface area contributed by atoms with E-state index in [0.29, 0.717) is 18.9 Å². The highest BCUT2D eigenvalue weighted by molar-refractivity contribution is 5.81. The van der Waals surface area contributed by atoms with Crippen molar-refractivity contribution in [3.8, 4) is 0 Å². The van der Waals surface area contributed by atoms with Crippen molar-refractivity contribution in [1.82, 2.24) is 14.8 Å². The second-order valence-corrected chi connectivity index (χ2v) is 7.88. The molecule has 0 saturated carbocycles. The van der Waals surface area contributed by atoms with Gasteiger partial charge in [-0.05, 0) is 50.2 Å². The van der Waals surface area contributed by atoms with Crippen molar-refractivity contribution in [3.63, 3.8) is 0 Å². The Labute approximate surface area is 155 Å². The highest BCUT2D eigenvalue weighted by Crippen LogP contribution is 2.40. The summed E-state index contributed by atoms with van der Waals surface area (Å²) in [5.41, 5.74) is 0.993. The summed E-state index contributed by atoms with van der Waals surface area (Å²) >= 11 is 0. The topological polar surface area (TPSA) is 53.5 Å². The highest BCUT2D eigenvalue weighted by atomic mass is 16.2. The van der Waals surface area contributed by atoms with E-state index in [0.717, 1.165) is 57.2 Å². The predicted molar refractivity (Wildman–Crippen MR) is 99.0 cm³/mol. The van der Waals surface area contributed by atoms with Gasteiger partial charge in [0.25, 0.3) is 0 Å². The lowest BCUT2D eigenvalue weighted by Gasteiger charge is -2.38. The Hall–Kier alpha value is -2.17. The predicted octanol–water partition coefficient (Wildman–Crippen LogP) is 2.92. The molecule has 2 fully saturated rings. The van der Waals surface area contributed by atoms with Gasteiger partial charge in [-0.25, -0.2) is 0 Å². The van der Waals surface area contributed by atoms with Crippen LogP contribution >= 0.6 is 0 Å². The standard InChI is InChI=1S/C21H27N3O2/c25-19-8-10-21(24(19)16-17-5-3-12-22-15-17)9-4-13-23(14-11-21)20(26)18-6-1-2-7-18/h1-3,5,12,15,18H,4,6-11,13-14,16H2/t21-/m0/s1. The molecule has 0 radical (unpaired) electrons. The molecule has 3 heterocycles. The molecular weight excluding hydrogens is 326 g/mol. The summed E-state index contributed by atoms with van der Waals surface area (Å²) in [7, 11) is 0. The summed E-state index contributed by atoms with van der Waals surface area (Å²) in [6, 6.07) is 3.96. The Morgan fingerprint density at radius 1 is 1.19 bits per heavy atom. The molecule has 1 aliphatic carbocycles. The summed E-state index contributed by atoms with van der Waals surface area (Å²) in [6.07, 6.45) is 14.0. The lowest BCUT2D eigenvalue weighted by Crippen LogP contribution is -2.46. The third-order valence-electron chi connectivity index (χ3n) is 6.33. The number of nitrogens with zero attached hydrogens (tertiary/aromatic N) is 3. The number of hydrogen-bond donors (Lipinski definition) is 0. The van der Waals surface area contributed by atoms with Gasteiger partial charge in [-0.1, -0.05) is 18.2 Å². The quantitative estimate of drug-likeness (QED) is 0.785. The lowest BCUT2D eigenvalue weighted by molar-refractivity contribution is -0.135. The zero-order chi connectivity index (χ0) is 18.0. The molecule has 1 aromatic rings. The number of carbonyl (C=O) groups excluding carboxylic acids is 2. The molecule has 1 atom stereocenters. The first-order chi connectivity index (χ1) is 12.7. The number of carbonyl (C=O) groups is 2. The van der Waals surface area contributed by atoms with Crippen molar-refractivity contribution in [3.05, 3.63) is 42.2 Å². The Balaban J connectivity index is 1.47. The Morgan fingerprint density at radius 3 is 2.81 bits per heavy atom. The van der Waals surface area contributed by atoms with Crippen molar-refractivity contribution < 1.29 is 9.59 Å². The van der Waals surface area contributed by atoms with Crippen molar-refractivity contribution >= 4 is 11.8 Å². The highest BCUT2D eigenvalue weighted by Gasteiger charge is 2.46. The zero-order valence-electron chi connectivity index (χ0n) is 15.3. The first-order valence-corrected chi connectivity index (χ1v) is 9.81. The van der Waals surface area contributed by atoms with Crippen LogP contribution in [0.5, 0.6) is 0 Å². The van der Waals surface area contributed by atoms with Crippen molar-refractivity contribution in [2.45, 2.75) is 57.0 Å². The molecule has 0 bridgehead atoms. The molecule has 4 rings (SSSR count).